The van der Waals surface area contributed by atoms with Crippen molar-refractivity contribution >= 4 is 6.03 Å². The summed E-state index contributed by atoms with van der Waals surface area (Å²) in [6, 6.07) is 10.6. The molecule has 160 valence electrons. The highest BCUT2D eigenvalue weighted by Crippen LogP contribution is 2.34. The third-order valence-corrected chi connectivity index (χ3v) is 6.54. The first-order chi connectivity index (χ1) is 14.2. The Labute approximate surface area is 174 Å². The maximum Gasteiger partial charge on any atom is 0.317 e. The Hall–Kier alpha value is -1.63. The standard InChI is InChI=1S/C23H35N3O3/c27-22(26-13-16-29-23(19-26)9-5-2-6-10-23)24-21(17-20-7-3-1-4-8-20)18-25-11-14-28-15-12-25/h1,3-4,7-8,21H,2,5-6,9-19H2,(H,24,27). The van der Waals surface area contributed by atoms with Crippen molar-refractivity contribution in [3.05, 3.63) is 35.9 Å². The molecular weight excluding hydrogens is 366 g/mol. The first-order valence-corrected chi connectivity index (χ1v) is 11.3. The quantitative estimate of drug-likeness (QED) is 0.824. The topological polar surface area (TPSA) is 54.0 Å². The molecule has 1 aromatic carbocycles. The van der Waals surface area contributed by atoms with Gasteiger partial charge in [0.2, 0.25) is 0 Å². The van der Waals surface area contributed by atoms with Crippen LogP contribution in [0.15, 0.2) is 30.3 Å². The van der Waals surface area contributed by atoms with Gasteiger partial charge in [-0.3, -0.25) is 4.90 Å². The molecule has 1 unspecified atom stereocenters. The predicted octanol–water partition coefficient (Wildman–Crippen LogP) is 2.67. The monoisotopic (exact) mass is 401 g/mol. The van der Waals surface area contributed by atoms with Gasteiger partial charge in [-0.15, -0.1) is 0 Å². The Bertz CT molecular complexity index is 637. The molecule has 1 aromatic rings. The fourth-order valence-electron chi connectivity index (χ4n) is 4.94. The Morgan fingerprint density at radius 1 is 1.03 bits per heavy atom. The number of hydrogen-bond acceptors (Lipinski definition) is 4. The van der Waals surface area contributed by atoms with Crippen molar-refractivity contribution in [2.24, 2.45) is 0 Å². The molecule has 3 fully saturated rings. The summed E-state index contributed by atoms with van der Waals surface area (Å²) in [7, 11) is 0. The lowest BCUT2D eigenvalue weighted by atomic mass is 9.83. The van der Waals surface area contributed by atoms with Gasteiger partial charge in [0.25, 0.3) is 0 Å². The minimum atomic E-state index is -0.104. The number of amides is 2. The van der Waals surface area contributed by atoms with Crippen LogP contribution >= 0.6 is 0 Å². The number of carbonyl (C=O) groups excluding carboxylic acids is 1. The average molecular weight is 402 g/mol. The summed E-state index contributed by atoms with van der Waals surface area (Å²) >= 11 is 0. The summed E-state index contributed by atoms with van der Waals surface area (Å²) in [4.78, 5) is 17.6. The molecule has 2 amide bonds. The minimum Gasteiger partial charge on any atom is -0.379 e. The number of carbonyl (C=O) groups is 1. The van der Waals surface area contributed by atoms with Crippen molar-refractivity contribution in [1.82, 2.24) is 15.1 Å². The van der Waals surface area contributed by atoms with E-state index in [4.69, 9.17) is 9.47 Å². The molecule has 1 N–H and O–H groups in total. The molecular formula is C23H35N3O3. The highest BCUT2D eigenvalue weighted by molar-refractivity contribution is 5.74. The van der Waals surface area contributed by atoms with E-state index in [1.165, 1.54) is 24.8 Å². The lowest BCUT2D eigenvalue weighted by Gasteiger charge is -2.45. The molecule has 0 radical (unpaired) electrons. The van der Waals surface area contributed by atoms with E-state index in [2.05, 4.69) is 34.5 Å². The van der Waals surface area contributed by atoms with Crippen LogP contribution in [0.4, 0.5) is 4.79 Å². The second kappa shape index (κ2) is 9.92. The summed E-state index contributed by atoms with van der Waals surface area (Å²) < 4.78 is 11.7. The summed E-state index contributed by atoms with van der Waals surface area (Å²) in [5.74, 6) is 0. The third-order valence-electron chi connectivity index (χ3n) is 6.54. The maximum absolute atomic E-state index is 13.2. The Morgan fingerprint density at radius 2 is 1.79 bits per heavy atom. The van der Waals surface area contributed by atoms with Gasteiger partial charge in [0.15, 0.2) is 0 Å². The second-order valence-electron chi connectivity index (χ2n) is 8.76. The third kappa shape index (κ3) is 5.71. The zero-order valence-corrected chi connectivity index (χ0v) is 17.5. The van der Waals surface area contributed by atoms with E-state index in [9.17, 15) is 4.79 Å². The van der Waals surface area contributed by atoms with Crippen LogP contribution in [0.2, 0.25) is 0 Å². The SMILES string of the molecule is O=C(NC(Cc1ccccc1)CN1CCOCC1)N1CCOC2(CCCCC2)C1. The Kier molecular flexibility index (Phi) is 7.06. The van der Waals surface area contributed by atoms with Crippen molar-refractivity contribution in [3.8, 4) is 0 Å². The molecule has 1 spiro atoms. The number of rotatable bonds is 5. The van der Waals surface area contributed by atoms with E-state index >= 15 is 0 Å². The number of nitrogens with zero attached hydrogens (tertiary/aromatic N) is 2. The van der Waals surface area contributed by atoms with Gasteiger partial charge in [-0.25, -0.2) is 4.79 Å². The van der Waals surface area contributed by atoms with Gasteiger partial charge >= 0.3 is 6.03 Å². The number of hydrogen-bond donors (Lipinski definition) is 1. The van der Waals surface area contributed by atoms with Gasteiger partial charge in [-0.1, -0.05) is 49.6 Å². The molecule has 3 aliphatic rings. The van der Waals surface area contributed by atoms with Gasteiger partial charge in [-0.2, -0.15) is 0 Å². The average Bonchev–Trinajstić information content (AvgIpc) is 2.76. The van der Waals surface area contributed by atoms with Crippen LogP contribution in [0.3, 0.4) is 0 Å². The van der Waals surface area contributed by atoms with Crippen molar-refractivity contribution in [3.63, 3.8) is 0 Å². The van der Waals surface area contributed by atoms with Crippen LogP contribution in [0.25, 0.3) is 0 Å². The molecule has 4 rings (SSSR count). The normalized spacial score (nSPS) is 23.7. The van der Waals surface area contributed by atoms with Crippen LogP contribution < -0.4 is 5.32 Å². The molecule has 2 saturated heterocycles. The van der Waals surface area contributed by atoms with E-state index in [0.29, 0.717) is 13.2 Å². The number of benzene rings is 1. The zero-order valence-electron chi connectivity index (χ0n) is 17.5. The molecule has 1 saturated carbocycles. The largest absolute Gasteiger partial charge is 0.379 e. The van der Waals surface area contributed by atoms with E-state index in [0.717, 1.165) is 58.7 Å². The van der Waals surface area contributed by atoms with Gasteiger partial charge in [0.05, 0.1) is 32.0 Å². The fraction of sp³-hybridized carbons (Fsp3) is 0.696. The molecule has 0 aromatic heterocycles. The molecule has 1 aliphatic carbocycles. The van der Waals surface area contributed by atoms with E-state index in [1.54, 1.807) is 0 Å². The highest BCUT2D eigenvalue weighted by Gasteiger charge is 2.39. The first kappa shape index (κ1) is 20.6. The lowest BCUT2D eigenvalue weighted by molar-refractivity contribution is -0.116. The zero-order chi connectivity index (χ0) is 19.9. The molecule has 29 heavy (non-hydrogen) atoms. The maximum atomic E-state index is 13.2. The molecule has 6 heteroatoms. The molecule has 6 nitrogen and oxygen atoms in total. The number of urea groups is 1. The van der Waals surface area contributed by atoms with E-state index in [1.807, 2.05) is 11.0 Å². The van der Waals surface area contributed by atoms with Crippen molar-refractivity contribution in [2.75, 3.05) is 52.5 Å². The summed E-state index contributed by atoms with van der Waals surface area (Å²) in [5, 5.41) is 3.35. The van der Waals surface area contributed by atoms with Crippen LogP contribution in [0, 0.1) is 0 Å². The van der Waals surface area contributed by atoms with Crippen LogP contribution in [-0.2, 0) is 15.9 Å². The number of nitrogens with one attached hydrogen (secondary N) is 1. The highest BCUT2D eigenvalue weighted by atomic mass is 16.5. The van der Waals surface area contributed by atoms with E-state index < -0.39 is 0 Å². The van der Waals surface area contributed by atoms with E-state index in [-0.39, 0.29) is 17.7 Å². The van der Waals surface area contributed by atoms with Gasteiger partial charge < -0.3 is 19.7 Å². The van der Waals surface area contributed by atoms with Crippen LogP contribution in [0.1, 0.15) is 37.7 Å². The smallest absolute Gasteiger partial charge is 0.317 e. The molecule has 1 atom stereocenters. The number of ether oxygens (including phenoxy) is 2. The van der Waals surface area contributed by atoms with Gasteiger partial charge in [0.1, 0.15) is 0 Å². The van der Waals surface area contributed by atoms with Gasteiger partial charge in [0, 0.05) is 32.2 Å². The second-order valence-corrected chi connectivity index (χ2v) is 8.76. The summed E-state index contributed by atoms with van der Waals surface area (Å²) in [6.45, 7) is 6.34. The molecule has 2 heterocycles. The first-order valence-electron chi connectivity index (χ1n) is 11.3. The van der Waals surface area contributed by atoms with Crippen LogP contribution in [-0.4, -0.2) is 80.0 Å². The van der Waals surface area contributed by atoms with Gasteiger partial charge in [-0.05, 0) is 24.8 Å². The van der Waals surface area contributed by atoms with Crippen molar-refractivity contribution in [1.29, 1.82) is 0 Å². The Morgan fingerprint density at radius 3 is 2.55 bits per heavy atom. The van der Waals surface area contributed by atoms with Crippen LogP contribution in [0.5, 0.6) is 0 Å². The lowest BCUT2D eigenvalue weighted by Crippen LogP contribution is -2.59. The molecule has 2 aliphatic heterocycles. The predicted molar refractivity (Wildman–Crippen MR) is 113 cm³/mol. The molecule has 0 bridgehead atoms. The fourth-order valence-corrected chi connectivity index (χ4v) is 4.94. The van der Waals surface area contributed by atoms with Crippen molar-refractivity contribution in [2.45, 2.75) is 50.2 Å². The Balaban J connectivity index is 1.39. The minimum absolute atomic E-state index is 0.0624. The summed E-state index contributed by atoms with van der Waals surface area (Å²) in [5.41, 5.74) is 1.16. The summed E-state index contributed by atoms with van der Waals surface area (Å²) in [6.07, 6.45) is 6.72. The van der Waals surface area contributed by atoms with Crippen molar-refractivity contribution < 1.29 is 14.3 Å². The number of morpholine rings is 2.